The maximum Gasteiger partial charge on any atom is 0.255 e. The van der Waals surface area contributed by atoms with Crippen molar-refractivity contribution in [1.82, 2.24) is 20.0 Å². The maximum atomic E-state index is 12.5. The van der Waals surface area contributed by atoms with Crippen molar-refractivity contribution in [3.8, 4) is 0 Å². The summed E-state index contributed by atoms with van der Waals surface area (Å²) in [4.78, 5) is 22.5. The third kappa shape index (κ3) is 2.92. The monoisotopic (exact) mass is 288 g/mol. The van der Waals surface area contributed by atoms with Gasteiger partial charge in [-0.15, -0.1) is 0 Å². The molecular weight excluding hydrogens is 272 g/mol. The summed E-state index contributed by atoms with van der Waals surface area (Å²) in [5.41, 5.74) is 1.46. The van der Waals surface area contributed by atoms with E-state index in [1.165, 1.54) is 0 Å². The lowest BCUT2D eigenvalue weighted by Crippen LogP contribution is -2.42. The number of rotatable bonds is 2. The van der Waals surface area contributed by atoms with Gasteiger partial charge in [-0.05, 0) is 19.1 Å². The zero-order chi connectivity index (χ0) is 14.8. The molecule has 1 amide bonds. The third-order valence-corrected chi connectivity index (χ3v) is 3.34. The lowest BCUT2D eigenvalue weighted by Gasteiger charge is -2.31. The first-order valence-corrected chi connectivity index (χ1v) is 6.77. The van der Waals surface area contributed by atoms with Crippen molar-refractivity contribution in [2.45, 2.75) is 20.0 Å². The Labute approximate surface area is 121 Å². The molecule has 110 valence electrons. The molecule has 0 aromatic carbocycles. The van der Waals surface area contributed by atoms with E-state index in [0.29, 0.717) is 37.0 Å². The van der Waals surface area contributed by atoms with Crippen LogP contribution in [0, 0.1) is 13.8 Å². The topological polar surface area (TPSA) is 81.4 Å². The van der Waals surface area contributed by atoms with Crippen LogP contribution in [-0.4, -0.2) is 45.6 Å². The van der Waals surface area contributed by atoms with Gasteiger partial charge in [0.05, 0.1) is 18.7 Å². The molecule has 1 aliphatic heterocycles. The summed E-state index contributed by atoms with van der Waals surface area (Å²) in [6.45, 7) is 5.01. The highest BCUT2D eigenvalue weighted by Crippen LogP contribution is 2.21. The minimum absolute atomic E-state index is 0.0592. The minimum Gasteiger partial charge on any atom is -0.366 e. The van der Waals surface area contributed by atoms with Gasteiger partial charge in [-0.3, -0.25) is 9.78 Å². The molecule has 1 fully saturated rings. The number of nitrogens with zero attached hydrogens (tertiary/aromatic N) is 4. The number of ether oxygens (including phenoxy) is 1. The molecule has 1 saturated heterocycles. The third-order valence-electron chi connectivity index (χ3n) is 3.34. The van der Waals surface area contributed by atoms with Gasteiger partial charge in [0.1, 0.15) is 6.10 Å². The first kappa shape index (κ1) is 13.7. The van der Waals surface area contributed by atoms with Gasteiger partial charge in [-0.2, -0.15) is 4.98 Å². The number of aryl methyl sites for hydroxylation is 2. The Morgan fingerprint density at radius 1 is 1.38 bits per heavy atom. The summed E-state index contributed by atoms with van der Waals surface area (Å²) < 4.78 is 10.6. The van der Waals surface area contributed by atoms with Crippen molar-refractivity contribution in [2.75, 3.05) is 19.7 Å². The highest BCUT2D eigenvalue weighted by molar-refractivity contribution is 5.94. The van der Waals surface area contributed by atoms with Crippen LogP contribution in [0.3, 0.4) is 0 Å². The standard InChI is InChI=1S/C14H16N4O3/c1-9-3-4-11(7-15-9)14(19)18-5-6-20-12(8-18)13-16-10(2)21-17-13/h3-4,7,12H,5-6,8H2,1-2H3. The molecule has 0 aliphatic carbocycles. The fraction of sp³-hybridized carbons (Fsp3) is 0.429. The molecule has 0 saturated carbocycles. The van der Waals surface area contributed by atoms with E-state index in [2.05, 4.69) is 15.1 Å². The van der Waals surface area contributed by atoms with E-state index in [9.17, 15) is 4.79 Å². The Balaban J connectivity index is 1.73. The lowest BCUT2D eigenvalue weighted by atomic mass is 10.2. The van der Waals surface area contributed by atoms with E-state index in [0.717, 1.165) is 5.69 Å². The van der Waals surface area contributed by atoms with Crippen molar-refractivity contribution in [3.63, 3.8) is 0 Å². The Bertz CT molecular complexity index is 638. The predicted molar refractivity (Wildman–Crippen MR) is 72.6 cm³/mol. The second-order valence-corrected chi connectivity index (χ2v) is 4.97. The molecule has 1 atom stereocenters. The van der Waals surface area contributed by atoms with E-state index in [1.54, 1.807) is 24.1 Å². The van der Waals surface area contributed by atoms with Gasteiger partial charge >= 0.3 is 0 Å². The zero-order valence-corrected chi connectivity index (χ0v) is 11.9. The normalized spacial score (nSPS) is 18.8. The summed E-state index contributed by atoms with van der Waals surface area (Å²) in [6.07, 6.45) is 1.25. The smallest absolute Gasteiger partial charge is 0.255 e. The number of pyridine rings is 1. The second-order valence-electron chi connectivity index (χ2n) is 4.97. The van der Waals surface area contributed by atoms with Gasteiger partial charge in [-0.1, -0.05) is 5.16 Å². The molecule has 0 bridgehead atoms. The summed E-state index contributed by atoms with van der Waals surface area (Å²) in [6, 6.07) is 3.61. The fourth-order valence-corrected chi connectivity index (χ4v) is 2.21. The summed E-state index contributed by atoms with van der Waals surface area (Å²) >= 11 is 0. The number of hydrogen-bond donors (Lipinski definition) is 0. The van der Waals surface area contributed by atoms with Crippen LogP contribution in [0.4, 0.5) is 0 Å². The molecule has 0 radical (unpaired) electrons. The molecule has 3 rings (SSSR count). The molecule has 3 heterocycles. The first-order valence-electron chi connectivity index (χ1n) is 6.77. The zero-order valence-electron chi connectivity index (χ0n) is 11.9. The molecule has 2 aromatic rings. The van der Waals surface area contributed by atoms with E-state index in [1.807, 2.05) is 13.0 Å². The molecule has 0 N–H and O–H groups in total. The Morgan fingerprint density at radius 2 is 2.24 bits per heavy atom. The molecule has 2 aromatic heterocycles. The SMILES string of the molecule is Cc1ccc(C(=O)N2CCOC(c3noc(C)n3)C2)cn1. The molecule has 0 spiro atoms. The van der Waals surface area contributed by atoms with Gasteiger partial charge in [0.15, 0.2) is 0 Å². The van der Waals surface area contributed by atoms with Crippen LogP contribution in [0.2, 0.25) is 0 Å². The van der Waals surface area contributed by atoms with E-state index in [-0.39, 0.29) is 12.0 Å². The van der Waals surface area contributed by atoms with E-state index in [4.69, 9.17) is 9.26 Å². The number of hydrogen-bond acceptors (Lipinski definition) is 6. The highest BCUT2D eigenvalue weighted by Gasteiger charge is 2.29. The van der Waals surface area contributed by atoms with Gasteiger partial charge in [-0.25, -0.2) is 0 Å². The van der Waals surface area contributed by atoms with Crippen LogP contribution in [0.25, 0.3) is 0 Å². The quantitative estimate of drug-likeness (QED) is 0.828. The van der Waals surface area contributed by atoms with Crippen molar-refractivity contribution >= 4 is 5.91 Å². The number of carbonyl (C=O) groups is 1. The minimum atomic E-state index is -0.349. The molecule has 1 aliphatic rings. The molecular formula is C14H16N4O3. The Kier molecular flexibility index (Phi) is 3.66. The molecule has 7 nitrogen and oxygen atoms in total. The molecule has 7 heteroatoms. The average molecular weight is 288 g/mol. The van der Waals surface area contributed by atoms with Crippen LogP contribution in [0.1, 0.15) is 33.9 Å². The van der Waals surface area contributed by atoms with Gasteiger partial charge in [0, 0.05) is 25.4 Å². The highest BCUT2D eigenvalue weighted by atomic mass is 16.5. The Hall–Kier alpha value is -2.28. The van der Waals surface area contributed by atoms with Gasteiger partial charge in [0.2, 0.25) is 11.7 Å². The average Bonchev–Trinajstić information content (AvgIpc) is 2.94. The fourth-order valence-electron chi connectivity index (χ4n) is 2.21. The van der Waals surface area contributed by atoms with Crippen molar-refractivity contribution in [1.29, 1.82) is 0 Å². The van der Waals surface area contributed by atoms with Crippen LogP contribution >= 0.6 is 0 Å². The van der Waals surface area contributed by atoms with E-state index < -0.39 is 0 Å². The number of aromatic nitrogens is 3. The number of carbonyl (C=O) groups excluding carboxylic acids is 1. The first-order chi connectivity index (χ1) is 10.1. The van der Waals surface area contributed by atoms with Crippen LogP contribution in [-0.2, 0) is 4.74 Å². The predicted octanol–water partition coefficient (Wildman–Crippen LogP) is 1.30. The second kappa shape index (κ2) is 5.61. The van der Waals surface area contributed by atoms with Crippen molar-refractivity contribution in [2.24, 2.45) is 0 Å². The summed E-state index contributed by atoms with van der Waals surface area (Å²) in [5.74, 6) is 0.905. The van der Waals surface area contributed by atoms with Crippen molar-refractivity contribution in [3.05, 3.63) is 41.3 Å². The number of amides is 1. The summed E-state index contributed by atoms with van der Waals surface area (Å²) in [7, 11) is 0. The number of morpholine rings is 1. The van der Waals surface area contributed by atoms with E-state index >= 15 is 0 Å². The lowest BCUT2D eigenvalue weighted by molar-refractivity contribution is -0.0276. The molecule has 21 heavy (non-hydrogen) atoms. The van der Waals surface area contributed by atoms with Gasteiger partial charge < -0.3 is 14.2 Å². The maximum absolute atomic E-state index is 12.5. The van der Waals surface area contributed by atoms with Crippen LogP contribution in [0.5, 0.6) is 0 Å². The van der Waals surface area contributed by atoms with Crippen molar-refractivity contribution < 1.29 is 14.1 Å². The van der Waals surface area contributed by atoms with Crippen LogP contribution in [0.15, 0.2) is 22.9 Å². The largest absolute Gasteiger partial charge is 0.366 e. The molecule has 1 unspecified atom stereocenters. The summed E-state index contributed by atoms with van der Waals surface area (Å²) in [5, 5.41) is 3.86. The Morgan fingerprint density at radius 3 is 2.90 bits per heavy atom. The van der Waals surface area contributed by atoms with Gasteiger partial charge in [0.25, 0.3) is 5.91 Å². The van der Waals surface area contributed by atoms with Crippen LogP contribution < -0.4 is 0 Å².